The molecule has 3 heteroatoms. The summed E-state index contributed by atoms with van der Waals surface area (Å²) in [6.07, 6.45) is 1.57. The summed E-state index contributed by atoms with van der Waals surface area (Å²) in [6, 6.07) is 20.8. The maximum absolute atomic E-state index is 12.7. The molecule has 0 aliphatic rings. The van der Waals surface area contributed by atoms with Crippen molar-refractivity contribution in [3.05, 3.63) is 71.8 Å². The van der Waals surface area contributed by atoms with E-state index >= 15 is 0 Å². The van der Waals surface area contributed by atoms with Gasteiger partial charge in [0.05, 0.1) is 13.0 Å². The van der Waals surface area contributed by atoms with E-state index in [1.54, 1.807) is 0 Å². The number of carbonyl (C=O) groups excluding carboxylic acids is 1. The molecule has 0 bridgehead atoms. The Morgan fingerprint density at radius 1 is 1.00 bits per heavy atom. The topological polar surface area (TPSA) is 29.5 Å². The number of hydrogen-bond acceptors (Lipinski definition) is 3. The van der Waals surface area contributed by atoms with Crippen molar-refractivity contribution in [2.24, 2.45) is 5.92 Å². The molecule has 0 saturated carbocycles. The van der Waals surface area contributed by atoms with E-state index in [4.69, 9.17) is 4.74 Å². The van der Waals surface area contributed by atoms with Gasteiger partial charge in [0.1, 0.15) is 0 Å². The van der Waals surface area contributed by atoms with E-state index in [0.717, 1.165) is 19.4 Å². The maximum Gasteiger partial charge on any atom is 0.309 e. The van der Waals surface area contributed by atoms with Gasteiger partial charge in [0.2, 0.25) is 0 Å². The maximum atomic E-state index is 12.7. The molecule has 2 rings (SSSR count). The first-order valence-electron chi connectivity index (χ1n) is 8.89. The van der Waals surface area contributed by atoms with Gasteiger partial charge in [0, 0.05) is 5.41 Å². The smallest absolute Gasteiger partial charge is 0.309 e. The van der Waals surface area contributed by atoms with Crippen LogP contribution in [0.4, 0.5) is 0 Å². The van der Waals surface area contributed by atoms with Crippen molar-refractivity contribution < 1.29 is 9.53 Å². The summed E-state index contributed by atoms with van der Waals surface area (Å²) >= 11 is 0. The fourth-order valence-corrected chi connectivity index (χ4v) is 3.76. The molecule has 0 fully saturated rings. The monoisotopic (exact) mass is 339 g/mol. The van der Waals surface area contributed by atoms with Gasteiger partial charge in [-0.05, 0) is 44.6 Å². The highest BCUT2D eigenvalue weighted by Crippen LogP contribution is 2.44. The van der Waals surface area contributed by atoms with Crippen LogP contribution in [0, 0.1) is 5.92 Å². The van der Waals surface area contributed by atoms with Gasteiger partial charge in [-0.25, -0.2) is 0 Å². The molecule has 0 aliphatic heterocycles. The first-order valence-corrected chi connectivity index (χ1v) is 8.89. The Kier molecular flexibility index (Phi) is 6.77. The molecule has 1 atom stereocenters. The molecule has 0 radical (unpaired) electrons. The Hall–Kier alpha value is -2.13. The van der Waals surface area contributed by atoms with Crippen molar-refractivity contribution in [1.82, 2.24) is 4.90 Å². The highest BCUT2D eigenvalue weighted by Gasteiger charge is 2.45. The summed E-state index contributed by atoms with van der Waals surface area (Å²) in [5, 5.41) is 0. The number of ether oxygens (including phenoxy) is 1. The second kappa shape index (κ2) is 8.82. The number of esters is 1. The highest BCUT2D eigenvalue weighted by atomic mass is 16.5. The van der Waals surface area contributed by atoms with E-state index in [2.05, 4.69) is 50.2 Å². The predicted octanol–water partition coefficient (Wildman–Crippen LogP) is 4.12. The lowest BCUT2D eigenvalue weighted by atomic mass is 9.62. The van der Waals surface area contributed by atoms with Crippen LogP contribution >= 0.6 is 0 Å². The lowest BCUT2D eigenvalue weighted by molar-refractivity contribution is -0.148. The van der Waals surface area contributed by atoms with E-state index in [-0.39, 0.29) is 11.9 Å². The fraction of sp³-hybridized carbons (Fsp3) is 0.409. The molecule has 0 amide bonds. The first kappa shape index (κ1) is 19.2. The summed E-state index contributed by atoms with van der Waals surface area (Å²) in [5.74, 6) is -0.379. The minimum atomic E-state index is -0.408. The Balaban J connectivity index is 2.70. The third-order valence-corrected chi connectivity index (χ3v) is 5.02. The molecule has 0 saturated heterocycles. The van der Waals surface area contributed by atoms with Gasteiger partial charge < -0.3 is 9.64 Å². The summed E-state index contributed by atoms with van der Waals surface area (Å²) in [6.45, 7) is 2.95. The van der Waals surface area contributed by atoms with Crippen molar-refractivity contribution in [1.29, 1.82) is 0 Å². The Morgan fingerprint density at radius 3 is 1.84 bits per heavy atom. The highest BCUT2D eigenvalue weighted by molar-refractivity contribution is 5.76. The summed E-state index contributed by atoms with van der Waals surface area (Å²) in [4.78, 5) is 14.9. The van der Waals surface area contributed by atoms with E-state index in [9.17, 15) is 4.79 Å². The number of nitrogens with zero attached hydrogens (tertiary/aromatic N) is 1. The fourth-order valence-electron chi connectivity index (χ4n) is 3.76. The number of carbonyl (C=O) groups is 1. The normalized spacial score (nSPS) is 12.8. The molecule has 134 valence electrons. The molecular weight excluding hydrogens is 310 g/mol. The third-order valence-electron chi connectivity index (χ3n) is 5.02. The number of hydrogen-bond donors (Lipinski definition) is 0. The Morgan fingerprint density at radius 2 is 1.48 bits per heavy atom. The number of rotatable bonds is 8. The van der Waals surface area contributed by atoms with Crippen LogP contribution in [-0.2, 0) is 14.9 Å². The molecule has 0 unspecified atom stereocenters. The van der Waals surface area contributed by atoms with Crippen LogP contribution in [0.25, 0.3) is 0 Å². The van der Waals surface area contributed by atoms with Gasteiger partial charge in [-0.15, -0.1) is 0 Å². The van der Waals surface area contributed by atoms with Crippen LogP contribution in [0.15, 0.2) is 60.7 Å². The van der Waals surface area contributed by atoms with Crippen LogP contribution in [0.1, 0.15) is 30.9 Å². The molecule has 2 aromatic carbocycles. The molecule has 0 spiro atoms. The Labute approximate surface area is 151 Å². The van der Waals surface area contributed by atoms with Crippen molar-refractivity contribution in [2.75, 3.05) is 27.7 Å². The van der Waals surface area contributed by atoms with E-state index in [1.807, 2.05) is 36.4 Å². The summed E-state index contributed by atoms with van der Waals surface area (Å²) in [5.41, 5.74) is 1.93. The van der Waals surface area contributed by atoms with Crippen LogP contribution in [0.5, 0.6) is 0 Å². The largest absolute Gasteiger partial charge is 0.469 e. The van der Waals surface area contributed by atoms with Gasteiger partial charge >= 0.3 is 5.97 Å². The van der Waals surface area contributed by atoms with Gasteiger partial charge in [0.15, 0.2) is 0 Å². The third kappa shape index (κ3) is 4.10. The molecule has 2 aromatic rings. The van der Waals surface area contributed by atoms with Gasteiger partial charge in [-0.3, -0.25) is 4.79 Å². The van der Waals surface area contributed by atoms with Crippen LogP contribution in [-0.4, -0.2) is 38.6 Å². The minimum absolute atomic E-state index is 0.144. The quantitative estimate of drug-likeness (QED) is 0.678. The summed E-state index contributed by atoms with van der Waals surface area (Å²) < 4.78 is 5.21. The zero-order chi connectivity index (χ0) is 18.3. The zero-order valence-corrected chi connectivity index (χ0v) is 15.7. The van der Waals surface area contributed by atoms with Crippen LogP contribution < -0.4 is 0 Å². The van der Waals surface area contributed by atoms with Crippen molar-refractivity contribution in [2.45, 2.75) is 25.2 Å². The predicted molar refractivity (Wildman–Crippen MR) is 103 cm³/mol. The van der Waals surface area contributed by atoms with Crippen molar-refractivity contribution >= 4 is 5.97 Å². The second-order valence-corrected chi connectivity index (χ2v) is 6.74. The van der Waals surface area contributed by atoms with Crippen LogP contribution in [0.2, 0.25) is 0 Å². The standard InChI is InChI=1S/C22H29NO2/c1-5-20(21(24)25-4)22(16-17-23(2)3,18-12-8-6-9-13-18)19-14-10-7-11-15-19/h6-15,20H,5,16-17H2,1-4H3/t20-/m0/s1. The Bertz CT molecular complexity index is 613. The first-order chi connectivity index (χ1) is 12.1. The molecule has 0 aromatic heterocycles. The zero-order valence-electron chi connectivity index (χ0n) is 15.7. The van der Waals surface area contributed by atoms with E-state index in [0.29, 0.717) is 0 Å². The number of benzene rings is 2. The van der Waals surface area contributed by atoms with E-state index < -0.39 is 5.41 Å². The minimum Gasteiger partial charge on any atom is -0.469 e. The average Bonchev–Trinajstić information content (AvgIpc) is 2.66. The van der Waals surface area contributed by atoms with Gasteiger partial charge in [-0.2, -0.15) is 0 Å². The van der Waals surface area contributed by atoms with Gasteiger partial charge in [0.25, 0.3) is 0 Å². The van der Waals surface area contributed by atoms with Gasteiger partial charge in [-0.1, -0.05) is 67.6 Å². The molecular formula is C22H29NO2. The van der Waals surface area contributed by atoms with E-state index in [1.165, 1.54) is 18.2 Å². The molecule has 0 aliphatic carbocycles. The summed E-state index contributed by atoms with van der Waals surface area (Å²) in [7, 11) is 5.62. The SMILES string of the molecule is CC[C@@H](C(=O)OC)C(CCN(C)C)(c1ccccc1)c1ccccc1. The molecule has 0 N–H and O–H groups in total. The van der Waals surface area contributed by atoms with Crippen LogP contribution in [0.3, 0.4) is 0 Å². The lowest BCUT2D eigenvalue weighted by Gasteiger charge is -2.41. The van der Waals surface area contributed by atoms with Crippen molar-refractivity contribution in [3.63, 3.8) is 0 Å². The van der Waals surface area contributed by atoms with Crippen molar-refractivity contribution in [3.8, 4) is 0 Å². The molecule has 0 heterocycles. The molecule has 25 heavy (non-hydrogen) atoms. The average molecular weight is 339 g/mol. The number of methoxy groups -OCH3 is 1. The lowest BCUT2D eigenvalue weighted by Crippen LogP contribution is -2.43. The second-order valence-electron chi connectivity index (χ2n) is 6.74. The molecule has 3 nitrogen and oxygen atoms in total.